The third-order valence-corrected chi connectivity index (χ3v) is 3.79. The molecule has 0 atom stereocenters. The van der Waals surface area contributed by atoms with Gasteiger partial charge in [0.1, 0.15) is 5.75 Å². The number of aliphatic hydroxyl groups is 1. The average molecular weight is 355 g/mol. The topological polar surface area (TPSA) is 78.3 Å². The summed E-state index contributed by atoms with van der Waals surface area (Å²) in [6.07, 6.45) is -4.53. The van der Waals surface area contributed by atoms with Crippen molar-refractivity contribution in [2.24, 2.45) is 0 Å². The zero-order valence-electron chi connectivity index (χ0n) is 14.4. The van der Waals surface area contributed by atoms with Crippen molar-refractivity contribution in [3.63, 3.8) is 0 Å². The third-order valence-electron chi connectivity index (χ3n) is 3.79. The fourth-order valence-corrected chi connectivity index (χ4v) is 2.24. The van der Waals surface area contributed by atoms with Crippen LogP contribution in [-0.4, -0.2) is 32.6 Å². The quantitative estimate of drug-likeness (QED) is 0.780. The summed E-state index contributed by atoms with van der Waals surface area (Å²) >= 11 is 0. The van der Waals surface area contributed by atoms with Gasteiger partial charge in [0.05, 0.1) is 16.9 Å². The molecule has 25 heavy (non-hydrogen) atoms. The number of phenolic OH excluding ortho intramolecular Hbond substituents is 1. The Morgan fingerprint density at radius 1 is 1.08 bits per heavy atom. The van der Waals surface area contributed by atoms with Gasteiger partial charge >= 0.3 is 6.18 Å². The molecule has 0 aliphatic rings. The second-order valence-electron chi connectivity index (χ2n) is 6.54. The monoisotopic (exact) mass is 355 g/mol. The van der Waals surface area contributed by atoms with Gasteiger partial charge < -0.3 is 15.5 Å². The van der Waals surface area contributed by atoms with E-state index in [1.807, 2.05) is 0 Å². The van der Waals surface area contributed by atoms with Crippen molar-refractivity contribution in [3.05, 3.63) is 34.9 Å². The highest BCUT2D eigenvalue weighted by atomic mass is 19.4. The molecule has 0 saturated carbocycles. The van der Waals surface area contributed by atoms with Gasteiger partial charge in [-0.15, -0.1) is 10.2 Å². The minimum absolute atomic E-state index is 0.176. The number of nitrogens with one attached hydrogen (secondary N) is 1. The van der Waals surface area contributed by atoms with Gasteiger partial charge in [-0.05, 0) is 57.0 Å². The van der Waals surface area contributed by atoms with E-state index < -0.39 is 23.1 Å². The van der Waals surface area contributed by atoms with Gasteiger partial charge in [-0.2, -0.15) is 13.2 Å². The Bertz CT molecular complexity index is 784. The second-order valence-corrected chi connectivity index (χ2v) is 6.54. The molecule has 0 bridgehead atoms. The normalized spacial score (nSPS) is 12.3. The Morgan fingerprint density at radius 3 is 2.24 bits per heavy atom. The molecule has 2 rings (SSSR count). The van der Waals surface area contributed by atoms with E-state index >= 15 is 0 Å². The van der Waals surface area contributed by atoms with Gasteiger partial charge in [-0.1, -0.05) is 0 Å². The highest BCUT2D eigenvalue weighted by molar-refractivity contribution is 5.72. The summed E-state index contributed by atoms with van der Waals surface area (Å²) < 4.78 is 38.1. The average Bonchev–Trinajstić information content (AvgIpc) is 2.47. The van der Waals surface area contributed by atoms with Crippen LogP contribution in [0.3, 0.4) is 0 Å². The lowest BCUT2D eigenvalue weighted by Crippen LogP contribution is -2.30. The predicted octanol–water partition coefficient (Wildman–Crippen LogP) is 3.67. The van der Waals surface area contributed by atoms with Crippen molar-refractivity contribution in [2.75, 3.05) is 11.9 Å². The van der Waals surface area contributed by atoms with Gasteiger partial charge in [0.25, 0.3) is 0 Å². The summed E-state index contributed by atoms with van der Waals surface area (Å²) in [5.74, 6) is -0.0430. The first-order valence-electron chi connectivity index (χ1n) is 7.61. The maximum Gasteiger partial charge on any atom is 0.416 e. The summed E-state index contributed by atoms with van der Waals surface area (Å²) in [5.41, 5.74) is 0.0101. The molecular formula is C17H20F3N3O2. The van der Waals surface area contributed by atoms with Crippen LogP contribution in [0.4, 0.5) is 19.0 Å². The molecule has 0 fully saturated rings. The van der Waals surface area contributed by atoms with Crippen LogP contribution in [0.1, 0.15) is 30.5 Å². The Labute approximate surface area is 143 Å². The van der Waals surface area contributed by atoms with Crippen molar-refractivity contribution >= 4 is 5.82 Å². The van der Waals surface area contributed by atoms with Crippen LogP contribution in [0, 0.1) is 13.8 Å². The van der Waals surface area contributed by atoms with Crippen LogP contribution in [0.5, 0.6) is 5.75 Å². The fraction of sp³-hybridized carbons (Fsp3) is 0.412. The van der Waals surface area contributed by atoms with Crippen molar-refractivity contribution in [2.45, 2.75) is 39.5 Å². The number of rotatable bonds is 4. The van der Waals surface area contributed by atoms with Gasteiger partial charge in [-0.3, -0.25) is 0 Å². The maximum absolute atomic E-state index is 12.7. The highest BCUT2D eigenvalue weighted by Crippen LogP contribution is 2.37. The number of hydrogen-bond donors (Lipinski definition) is 3. The van der Waals surface area contributed by atoms with Crippen LogP contribution in [0.25, 0.3) is 11.3 Å². The summed E-state index contributed by atoms with van der Waals surface area (Å²) in [4.78, 5) is 0. The molecule has 2 aromatic rings. The lowest BCUT2D eigenvalue weighted by Gasteiger charge is -2.20. The van der Waals surface area contributed by atoms with Crippen LogP contribution in [0.2, 0.25) is 0 Å². The molecule has 0 saturated heterocycles. The maximum atomic E-state index is 12.7. The molecule has 8 heteroatoms. The molecule has 0 unspecified atom stereocenters. The first kappa shape index (κ1) is 19.0. The van der Waals surface area contributed by atoms with E-state index in [-0.39, 0.29) is 12.1 Å². The molecule has 0 amide bonds. The Morgan fingerprint density at radius 2 is 1.72 bits per heavy atom. The second kappa shape index (κ2) is 6.51. The van der Waals surface area contributed by atoms with E-state index in [9.17, 15) is 23.4 Å². The van der Waals surface area contributed by atoms with E-state index in [0.717, 1.165) is 11.6 Å². The molecule has 0 aliphatic carbocycles. The highest BCUT2D eigenvalue weighted by Gasteiger charge is 2.31. The lowest BCUT2D eigenvalue weighted by molar-refractivity contribution is -0.137. The first-order valence-corrected chi connectivity index (χ1v) is 7.61. The number of halogens is 3. The summed E-state index contributed by atoms with van der Waals surface area (Å²) in [7, 11) is 0. The first-order chi connectivity index (χ1) is 11.4. The SMILES string of the molecule is Cc1c(NCC(C)(C)O)nnc(-c2ccc(C(F)(F)F)cc2O)c1C. The number of benzene rings is 1. The van der Waals surface area contributed by atoms with E-state index in [2.05, 4.69) is 15.5 Å². The van der Waals surface area contributed by atoms with Gasteiger partial charge in [0.2, 0.25) is 0 Å². The number of nitrogens with zero attached hydrogens (tertiary/aromatic N) is 2. The molecule has 0 radical (unpaired) electrons. The van der Waals surface area contributed by atoms with Crippen LogP contribution < -0.4 is 5.32 Å². The molecule has 1 heterocycles. The lowest BCUT2D eigenvalue weighted by atomic mass is 10.0. The summed E-state index contributed by atoms with van der Waals surface area (Å²) in [5, 5.41) is 30.8. The number of anilines is 1. The van der Waals surface area contributed by atoms with Gasteiger partial charge in [0, 0.05) is 12.1 Å². The number of aromatic nitrogens is 2. The predicted molar refractivity (Wildman–Crippen MR) is 88.4 cm³/mol. The smallest absolute Gasteiger partial charge is 0.416 e. The zero-order chi connectivity index (χ0) is 19.0. The van der Waals surface area contributed by atoms with Crippen molar-refractivity contribution < 1.29 is 23.4 Å². The van der Waals surface area contributed by atoms with Gasteiger partial charge in [0.15, 0.2) is 5.82 Å². The number of aromatic hydroxyl groups is 1. The Kier molecular flexibility index (Phi) is 4.94. The number of hydrogen-bond acceptors (Lipinski definition) is 5. The molecule has 1 aromatic heterocycles. The van der Waals surface area contributed by atoms with E-state index in [1.54, 1.807) is 27.7 Å². The molecule has 3 N–H and O–H groups in total. The fourth-order valence-electron chi connectivity index (χ4n) is 2.24. The van der Waals surface area contributed by atoms with E-state index in [0.29, 0.717) is 23.1 Å². The minimum Gasteiger partial charge on any atom is -0.507 e. The molecule has 5 nitrogen and oxygen atoms in total. The van der Waals surface area contributed by atoms with Crippen molar-refractivity contribution in [3.8, 4) is 17.0 Å². The van der Waals surface area contributed by atoms with Crippen molar-refractivity contribution in [1.29, 1.82) is 0 Å². The Hall–Kier alpha value is -2.35. The number of phenols is 1. The zero-order valence-corrected chi connectivity index (χ0v) is 14.4. The molecule has 136 valence electrons. The summed E-state index contributed by atoms with van der Waals surface area (Å²) in [6, 6.07) is 2.75. The largest absolute Gasteiger partial charge is 0.507 e. The van der Waals surface area contributed by atoms with Crippen molar-refractivity contribution in [1.82, 2.24) is 10.2 Å². The van der Waals surface area contributed by atoms with E-state index in [1.165, 1.54) is 6.07 Å². The van der Waals surface area contributed by atoms with Crippen LogP contribution in [0.15, 0.2) is 18.2 Å². The molecule has 0 spiro atoms. The van der Waals surface area contributed by atoms with Crippen LogP contribution >= 0.6 is 0 Å². The number of alkyl halides is 3. The van der Waals surface area contributed by atoms with Crippen LogP contribution in [-0.2, 0) is 6.18 Å². The minimum atomic E-state index is -4.53. The van der Waals surface area contributed by atoms with E-state index in [4.69, 9.17) is 0 Å². The standard InChI is InChI=1S/C17H20F3N3O2/c1-9-10(2)15(21-8-16(3,4)25)23-22-14(9)12-6-5-11(7-13(12)24)17(18,19)20/h5-7,24-25H,8H2,1-4H3,(H,21,23). The molecule has 0 aliphatic heterocycles. The summed E-state index contributed by atoms with van der Waals surface area (Å²) in [6.45, 7) is 7.06. The molecular weight excluding hydrogens is 335 g/mol. The third kappa shape index (κ3) is 4.39. The Balaban J connectivity index is 2.40. The molecule has 1 aromatic carbocycles. The van der Waals surface area contributed by atoms with Gasteiger partial charge in [-0.25, -0.2) is 0 Å².